The van der Waals surface area contributed by atoms with Gasteiger partial charge in [-0.15, -0.1) is 0 Å². The number of rotatable bonds is 2. The highest BCUT2D eigenvalue weighted by Crippen LogP contribution is 2.04. The van der Waals surface area contributed by atoms with E-state index >= 15 is 0 Å². The van der Waals surface area contributed by atoms with Gasteiger partial charge in [0.25, 0.3) is 0 Å². The minimum atomic E-state index is -0.0215. The molecular formula is C11H18N2O. The molecule has 0 unspecified atom stereocenters. The average molecular weight is 194 g/mol. The molecule has 0 atom stereocenters. The van der Waals surface area contributed by atoms with Crippen molar-refractivity contribution in [2.75, 3.05) is 5.73 Å². The van der Waals surface area contributed by atoms with E-state index in [1.165, 1.54) is 6.92 Å². The monoisotopic (exact) mass is 194 g/mol. The van der Waals surface area contributed by atoms with Gasteiger partial charge in [-0.25, -0.2) is 0 Å². The summed E-state index contributed by atoms with van der Waals surface area (Å²) in [4.78, 5) is 10.5. The van der Waals surface area contributed by atoms with Crippen molar-refractivity contribution in [2.24, 2.45) is 0 Å². The van der Waals surface area contributed by atoms with Crippen LogP contribution in [-0.2, 0) is 11.3 Å². The molecule has 0 aliphatic carbocycles. The smallest absolute Gasteiger partial charge is 0.217 e. The maximum atomic E-state index is 10.5. The maximum absolute atomic E-state index is 10.5. The minimum Gasteiger partial charge on any atom is -0.399 e. The molecule has 1 aromatic rings. The van der Waals surface area contributed by atoms with Crippen LogP contribution in [0.4, 0.5) is 5.69 Å². The van der Waals surface area contributed by atoms with Gasteiger partial charge in [0.1, 0.15) is 0 Å². The number of nitrogen functional groups attached to an aromatic ring is 1. The van der Waals surface area contributed by atoms with Gasteiger partial charge < -0.3 is 11.1 Å². The van der Waals surface area contributed by atoms with Crippen molar-refractivity contribution in [3.05, 3.63) is 29.8 Å². The Morgan fingerprint density at radius 2 is 1.79 bits per heavy atom. The summed E-state index contributed by atoms with van der Waals surface area (Å²) >= 11 is 0. The zero-order valence-corrected chi connectivity index (χ0v) is 9.00. The third-order valence-corrected chi connectivity index (χ3v) is 1.52. The zero-order valence-electron chi connectivity index (χ0n) is 9.00. The molecule has 0 fully saturated rings. The fourth-order valence-electron chi connectivity index (χ4n) is 0.862. The number of hydrogen-bond acceptors (Lipinski definition) is 2. The summed E-state index contributed by atoms with van der Waals surface area (Å²) in [6, 6.07) is 7.42. The van der Waals surface area contributed by atoms with E-state index in [1.807, 2.05) is 38.1 Å². The molecule has 1 aromatic carbocycles. The minimum absolute atomic E-state index is 0.0215. The number of benzene rings is 1. The second-order valence-corrected chi connectivity index (χ2v) is 2.65. The SMILES string of the molecule is CC.CC(=O)NCc1ccc(N)cc1. The van der Waals surface area contributed by atoms with E-state index in [1.54, 1.807) is 0 Å². The summed E-state index contributed by atoms with van der Waals surface area (Å²) in [5.41, 5.74) is 7.29. The lowest BCUT2D eigenvalue weighted by atomic mass is 10.2. The molecule has 0 saturated heterocycles. The summed E-state index contributed by atoms with van der Waals surface area (Å²) in [6.07, 6.45) is 0. The first-order valence-electron chi connectivity index (χ1n) is 4.77. The summed E-state index contributed by atoms with van der Waals surface area (Å²) in [7, 11) is 0. The molecule has 3 N–H and O–H groups in total. The first kappa shape index (κ1) is 12.5. The lowest BCUT2D eigenvalue weighted by molar-refractivity contribution is -0.119. The largest absolute Gasteiger partial charge is 0.399 e. The van der Waals surface area contributed by atoms with E-state index < -0.39 is 0 Å². The maximum Gasteiger partial charge on any atom is 0.217 e. The van der Waals surface area contributed by atoms with E-state index in [0.29, 0.717) is 6.54 Å². The molecule has 78 valence electrons. The number of nitrogens with two attached hydrogens (primary N) is 1. The summed E-state index contributed by atoms with van der Waals surface area (Å²) < 4.78 is 0. The number of hydrogen-bond donors (Lipinski definition) is 2. The zero-order chi connectivity index (χ0) is 11.0. The van der Waals surface area contributed by atoms with Crippen molar-refractivity contribution in [1.82, 2.24) is 5.32 Å². The van der Waals surface area contributed by atoms with Crippen molar-refractivity contribution in [1.29, 1.82) is 0 Å². The summed E-state index contributed by atoms with van der Waals surface area (Å²) in [5, 5.41) is 2.70. The third kappa shape index (κ3) is 5.19. The molecule has 0 bridgehead atoms. The van der Waals surface area contributed by atoms with Crippen LogP contribution in [0.5, 0.6) is 0 Å². The first-order chi connectivity index (χ1) is 6.68. The van der Waals surface area contributed by atoms with Crippen molar-refractivity contribution in [3.63, 3.8) is 0 Å². The van der Waals surface area contributed by atoms with E-state index in [0.717, 1.165) is 11.3 Å². The summed E-state index contributed by atoms with van der Waals surface area (Å²) in [6.45, 7) is 6.06. The summed E-state index contributed by atoms with van der Waals surface area (Å²) in [5.74, 6) is -0.0215. The highest BCUT2D eigenvalue weighted by molar-refractivity contribution is 5.72. The molecule has 0 radical (unpaired) electrons. The Hall–Kier alpha value is -1.51. The van der Waals surface area contributed by atoms with Gasteiger partial charge in [-0.1, -0.05) is 26.0 Å². The quantitative estimate of drug-likeness (QED) is 0.707. The van der Waals surface area contributed by atoms with Crippen LogP contribution >= 0.6 is 0 Å². The first-order valence-corrected chi connectivity index (χ1v) is 4.77. The van der Waals surface area contributed by atoms with Gasteiger partial charge in [0.05, 0.1) is 0 Å². The van der Waals surface area contributed by atoms with Crippen LogP contribution in [0.3, 0.4) is 0 Å². The Kier molecular flexibility index (Phi) is 6.20. The molecule has 0 spiro atoms. The standard InChI is InChI=1S/C9H12N2O.C2H6/c1-7(12)11-6-8-2-4-9(10)5-3-8;1-2/h2-5H,6,10H2,1H3,(H,11,12);1-2H3. The molecule has 0 saturated carbocycles. The second-order valence-electron chi connectivity index (χ2n) is 2.65. The normalized spacial score (nSPS) is 8.50. The van der Waals surface area contributed by atoms with Crippen LogP contribution in [0.1, 0.15) is 26.3 Å². The lowest BCUT2D eigenvalue weighted by Gasteiger charge is -2.01. The van der Waals surface area contributed by atoms with Gasteiger partial charge in [0, 0.05) is 19.2 Å². The van der Waals surface area contributed by atoms with E-state index in [2.05, 4.69) is 5.32 Å². The van der Waals surface area contributed by atoms with Gasteiger partial charge >= 0.3 is 0 Å². The molecule has 14 heavy (non-hydrogen) atoms. The Morgan fingerprint density at radius 3 is 2.21 bits per heavy atom. The second kappa shape index (κ2) is 6.95. The van der Waals surface area contributed by atoms with Crippen molar-refractivity contribution < 1.29 is 4.79 Å². The molecule has 3 nitrogen and oxygen atoms in total. The van der Waals surface area contributed by atoms with Crippen molar-refractivity contribution in [2.45, 2.75) is 27.3 Å². The number of anilines is 1. The van der Waals surface area contributed by atoms with Gasteiger partial charge in [-0.05, 0) is 17.7 Å². The molecule has 0 aromatic heterocycles. The van der Waals surface area contributed by atoms with Crippen LogP contribution in [0, 0.1) is 0 Å². The van der Waals surface area contributed by atoms with Crippen LogP contribution < -0.4 is 11.1 Å². The predicted octanol–water partition coefficient (Wildman–Crippen LogP) is 1.93. The van der Waals surface area contributed by atoms with Gasteiger partial charge in [0.2, 0.25) is 5.91 Å². The molecule has 0 aliphatic heterocycles. The van der Waals surface area contributed by atoms with Gasteiger partial charge in [0.15, 0.2) is 0 Å². The van der Waals surface area contributed by atoms with Crippen molar-refractivity contribution in [3.8, 4) is 0 Å². The van der Waals surface area contributed by atoms with Crippen LogP contribution in [0.15, 0.2) is 24.3 Å². The predicted molar refractivity (Wildman–Crippen MR) is 59.7 cm³/mol. The Balaban J connectivity index is 0.000000791. The number of nitrogens with one attached hydrogen (secondary N) is 1. The topological polar surface area (TPSA) is 55.1 Å². The molecule has 0 aliphatic rings. The number of amides is 1. The van der Waals surface area contributed by atoms with E-state index in [9.17, 15) is 4.79 Å². The van der Waals surface area contributed by atoms with E-state index in [4.69, 9.17) is 5.73 Å². The molecule has 0 heterocycles. The Morgan fingerprint density at radius 1 is 1.29 bits per heavy atom. The number of carbonyl (C=O) groups excluding carboxylic acids is 1. The fourth-order valence-corrected chi connectivity index (χ4v) is 0.862. The van der Waals surface area contributed by atoms with Crippen LogP contribution in [0.25, 0.3) is 0 Å². The molecule has 1 amide bonds. The molecule has 3 heteroatoms. The molecular weight excluding hydrogens is 176 g/mol. The van der Waals surface area contributed by atoms with E-state index in [-0.39, 0.29) is 5.91 Å². The van der Waals surface area contributed by atoms with Crippen molar-refractivity contribution >= 4 is 11.6 Å². The average Bonchev–Trinajstić information content (AvgIpc) is 2.20. The third-order valence-electron chi connectivity index (χ3n) is 1.52. The van der Waals surface area contributed by atoms with Crippen LogP contribution in [0.2, 0.25) is 0 Å². The Bertz CT molecular complexity index is 267. The Labute approximate surface area is 85.3 Å². The lowest BCUT2D eigenvalue weighted by Crippen LogP contribution is -2.18. The van der Waals surface area contributed by atoms with Gasteiger partial charge in [-0.3, -0.25) is 4.79 Å². The van der Waals surface area contributed by atoms with Gasteiger partial charge in [-0.2, -0.15) is 0 Å². The highest BCUT2D eigenvalue weighted by atomic mass is 16.1. The number of carbonyl (C=O) groups is 1. The fraction of sp³-hybridized carbons (Fsp3) is 0.364. The highest BCUT2D eigenvalue weighted by Gasteiger charge is 1.93. The van der Waals surface area contributed by atoms with Crippen LogP contribution in [-0.4, -0.2) is 5.91 Å². The molecule has 1 rings (SSSR count).